The minimum absolute atomic E-state index is 0.176. The Balaban J connectivity index is 1.69. The van der Waals surface area contributed by atoms with Gasteiger partial charge in [-0.3, -0.25) is 9.48 Å². The summed E-state index contributed by atoms with van der Waals surface area (Å²) in [5, 5.41) is 7.08. The Bertz CT molecular complexity index is 821. The standard InChI is InChI=1S/C18H18N4O/c1-13-10-20-22(11-13)12-14-6-8-15(9-7-14)18(23)21-17-5-3-2-4-16(17)19/h2-11H,12,19H2,1H3,(H,21,23). The number of carbonyl (C=O) groups excluding carboxylic acids is 1. The monoisotopic (exact) mass is 306 g/mol. The first kappa shape index (κ1) is 14.8. The lowest BCUT2D eigenvalue weighted by Crippen LogP contribution is -2.13. The summed E-state index contributed by atoms with van der Waals surface area (Å²) < 4.78 is 1.87. The number of hydrogen-bond acceptors (Lipinski definition) is 3. The summed E-state index contributed by atoms with van der Waals surface area (Å²) in [6, 6.07) is 14.7. The highest BCUT2D eigenvalue weighted by atomic mass is 16.1. The SMILES string of the molecule is Cc1cnn(Cc2ccc(C(=O)Nc3ccccc3N)cc2)c1. The third-order valence-electron chi connectivity index (χ3n) is 3.53. The Morgan fingerprint density at radius 2 is 1.91 bits per heavy atom. The van der Waals surface area contributed by atoms with E-state index in [9.17, 15) is 4.79 Å². The molecule has 1 amide bonds. The van der Waals surface area contributed by atoms with E-state index in [2.05, 4.69) is 10.4 Å². The van der Waals surface area contributed by atoms with E-state index in [1.165, 1.54) is 0 Å². The van der Waals surface area contributed by atoms with E-state index in [0.29, 0.717) is 23.5 Å². The zero-order valence-corrected chi connectivity index (χ0v) is 12.9. The average molecular weight is 306 g/mol. The topological polar surface area (TPSA) is 72.9 Å². The van der Waals surface area contributed by atoms with E-state index < -0.39 is 0 Å². The van der Waals surface area contributed by atoms with Gasteiger partial charge >= 0.3 is 0 Å². The zero-order chi connectivity index (χ0) is 16.2. The van der Waals surface area contributed by atoms with Crippen molar-refractivity contribution in [3.63, 3.8) is 0 Å². The van der Waals surface area contributed by atoms with Gasteiger partial charge in [-0.2, -0.15) is 5.10 Å². The molecule has 5 heteroatoms. The van der Waals surface area contributed by atoms with Crippen molar-refractivity contribution in [1.82, 2.24) is 9.78 Å². The number of aryl methyl sites for hydroxylation is 1. The Morgan fingerprint density at radius 3 is 2.57 bits per heavy atom. The van der Waals surface area contributed by atoms with Crippen molar-refractivity contribution in [2.75, 3.05) is 11.1 Å². The van der Waals surface area contributed by atoms with Gasteiger partial charge in [0.2, 0.25) is 0 Å². The molecule has 3 N–H and O–H groups in total. The van der Waals surface area contributed by atoms with Gasteiger partial charge in [-0.05, 0) is 42.3 Å². The van der Waals surface area contributed by atoms with Crippen LogP contribution in [0.25, 0.3) is 0 Å². The van der Waals surface area contributed by atoms with Crippen LogP contribution in [0.15, 0.2) is 60.9 Å². The minimum atomic E-state index is -0.176. The molecule has 116 valence electrons. The van der Waals surface area contributed by atoms with Crippen LogP contribution in [0.3, 0.4) is 0 Å². The Hall–Kier alpha value is -3.08. The molecular weight excluding hydrogens is 288 g/mol. The van der Waals surface area contributed by atoms with Crippen molar-refractivity contribution in [3.8, 4) is 0 Å². The number of rotatable bonds is 4. The first-order valence-electron chi connectivity index (χ1n) is 7.36. The maximum Gasteiger partial charge on any atom is 0.255 e. The third kappa shape index (κ3) is 3.58. The Kier molecular flexibility index (Phi) is 4.10. The van der Waals surface area contributed by atoms with Crippen LogP contribution in [0.1, 0.15) is 21.5 Å². The molecule has 1 aromatic heterocycles. The predicted octanol–water partition coefficient (Wildman–Crippen LogP) is 3.07. The Morgan fingerprint density at radius 1 is 1.17 bits per heavy atom. The maximum absolute atomic E-state index is 12.3. The van der Waals surface area contributed by atoms with Crippen LogP contribution in [0.4, 0.5) is 11.4 Å². The molecule has 3 rings (SSSR count). The molecule has 3 aromatic rings. The highest BCUT2D eigenvalue weighted by Crippen LogP contribution is 2.18. The van der Waals surface area contributed by atoms with Crippen molar-refractivity contribution in [2.24, 2.45) is 0 Å². The maximum atomic E-state index is 12.3. The zero-order valence-electron chi connectivity index (χ0n) is 12.9. The molecule has 5 nitrogen and oxygen atoms in total. The number of carbonyl (C=O) groups is 1. The lowest BCUT2D eigenvalue weighted by Gasteiger charge is -2.08. The van der Waals surface area contributed by atoms with Crippen LogP contribution >= 0.6 is 0 Å². The van der Waals surface area contributed by atoms with Crippen molar-refractivity contribution < 1.29 is 4.79 Å². The van der Waals surface area contributed by atoms with Crippen molar-refractivity contribution in [3.05, 3.63) is 77.6 Å². The first-order chi connectivity index (χ1) is 11.1. The quantitative estimate of drug-likeness (QED) is 0.728. The number of anilines is 2. The summed E-state index contributed by atoms with van der Waals surface area (Å²) in [6.07, 6.45) is 3.81. The molecule has 2 aromatic carbocycles. The van der Waals surface area contributed by atoms with Gasteiger partial charge in [0.05, 0.1) is 24.1 Å². The van der Waals surface area contributed by atoms with E-state index in [1.54, 1.807) is 24.3 Å². The highest BCUT2D eigenvalue weighted by Gasteiger charge is 2.08. The molecule has 0 aliphatic heterocycles. The lowest BCUT2D eigenvalue weighted by molar-refractivity contribution is 0.102. The number of nitrogens with one attached hydrogen (secondary N) is 1. The molecule has 1 heterocycles. The van der Waals surface area contributed by atoms with Crippen LogP contribution in [-0.4, -0.2) is 15.7 Å². The number of aromatic nitrogens is 2. The van der Waals surface area contributed by atoms with Gasteiger partial charge < -0.3 is 11.1 Å². The van der Waals surface area contributed by atoms with Crippen LogP contribution in [0, 0.1) is 6.92 Å². The number of hydrogen-bond donors (Lipinski definition) is 2. The van der Waals surface area contributed by atoms with Gasteiger partial charge in [0.15, 0.2) is 0 Å². The number of para-hydroxylation sites is 2. The van der Waals surface area contributed by atoms with Crippen molar-refractivity contribution >= 4 is 17.3 Å². The molecule has 0 fully saturated rings. The lowest BCUT2D eigenvalue weighted by atomic mass is 10.1. The summed E-state index contributed by atoms with van der Waals surface area (Å²) in [6.45, 7) is 2.69. The van der Waals surface area contributed by atoms with E-state index in [-0.39, 0.29) is 5.91 Å². The Labute approximate surface area is 134 Å². The molecule has 0 radical (unpaired) electrons. The second-order valence-electron chi connectivity index (χ2n) is 5.45. The predicted molar refractivity (Wildman–Crippen MR) is 91.3 cm³/mol. The van der Waals surface area contributed by atoms with Gasteiger partial charge in [-0.15, -0.1) is 0 Å². The molecule has 0 aliphatic rings. The van der Waals surface area contributed by atoms with Crippen LogP contribution in [0.5, 0.6) is 0 Å². The van der Waals surface area contributed by atoms with Crippen LogP contribution in [0.2, 0.25) is 0 Å². The van der Waals surface area contributed by atoms with Crippen LogP contribution in [-0.2, 0) is 6.54 Å². The summed E-state index contributed by atoms with van der Waals surface area (Å²) in [5.41, 5.74) is 9.81. The van der Waals surface area contributed by atoms with Gasteiger partial charge in [-0.25, -0.2) is 0 Å². The molecule has 0 saturated carbocycles. The van der Waals surface area contributed by atoms with E-state index in [4.69, 9.17) is 5.73 Å². The fourth-order valence-corrected chi connectivity index (χ4v) is 2.31. The molecule has 0 saturated heterocycles. The van der Waals surface area contributed by atoms with E-state index in [0.717, 1.165) is 11.1 Å². The van der Waals surface area contributed by atoms with E-state index in [1.807, 2.05) is 48.3 Å². The molecule has 0 aliphatic carbocycles. The fourth-order valence-electron chi connectivity index (χ4n) is 2.31. The third-order valence-corrected chi connectivity index (χ3v) is 3.53. The smallest absolute Gasteiger partial charge is 0.255 e. The summed E-state index contributed by atoms with van der Waals surface area (Å²) in [7, 11) is 0. The second kappa shape index (κ2) is 6.36. The summed E-state index contributed by atoms with van der Waals surface area (Å²) in [4.78, 5) is 12.3. The van der Waals surface area contributed by atoms with Crippen LogP contribution < -0.4 is 11.1 Å². The molecule has 0 unspecified atom stereocenters. The summed E-state index contributed by atoms with van der Waals surface area (Å²) >= 11 is 0. The van der Waals surface area contributed by atoms with E-state index >= 15 is 0 Å². The number of amides is 1. The van der Waals surface area contributed by atoms with Gasteiger partial charge in [-0.1, -0.05) is 24.3 Å². The average Bonchev–Trinajstić information content (AvgIpc) is 2.95. The van der Waals surface area contributed by atoms with Gasteiger partial charge in [0.25, 0.3) is 5.91 Å². The largest absolute Gasteiger partial charge is 0.397 e. The van der Waals surface area contributed by atoms with Gasteiger partial charge in [0.1, 0.15) is 0 Å². The van der Waals surface area contributed by atoms with Gasteiger partial charge in [0, 0.05) is 11.8 Å². The fraction of sp³-hybridized carbons (Fsp3) is 0.111. The first-order valence-corrected chi connectivity index (χ1v) is 7.36. The molecular formula is C18H18N4O. The number of nitrogens with two attached hydrogens (primary N) is 1. The molecule has 23 heavy (non-hydrogen) atoms. The summed E-state index contributed by atoms with van der Waals surface area (Å²) in [5.74, 6) is -0.176. The second-order valence-corrected chi connectivity index (χ2v) is 5.45. The number of benzene rings is 2. The van der Waals surface area contributed by atoms with Crippen molar-refractivity contribution in [1.29, 1.82) is 0 Å². The molecule has 0 bridgehead atoms. The minimum Gasteiger partial charge on any atom is -0.397 e. The molecule has 0 spiro atoms. The number of nitrogen functional groups attached to an aromatic ring is 1. The molecule has 0 atom stereocenters. The number of nitrogens with zero attached hydrogens (tertiary/aromatic N) is 2. The van der Waals surface area contributed by atoms with Crippen molar-refractivity contribution in [2.45, 2.75) is 13.5 Å². The normalized spacial score (nSPS) is 10.5. The highest BCUT2D eigenvalue weighted by molar-refractivity contribution is 6.05.